The Hall–Kier alpha value is -3.66. The average molecular weight is 591 g/mol. The Labute approximate surface area is 254 Å². The largest absolute Gasteiger partial charge is 0.425 e. The Morgan fingerprint density at radius 3 is 1.44 bits per heavy atom. The molecule has 0 spiro atoms. The van der Waals surface area contributed by atoms with Crippen molar-refractivity contribution >= 4 is 33.7 Å². The summed E-state index contributed by atoms with van der Waals surface area (Å²) < 4.78 is 17.9. The van der Waals surface area contributed by atoms with Crippen LogP contribution in [-0.2, 0) is 27.2 Å². The van der Waals surface area contributed by atoms with Gasteiger partial charge >= 0.3 is 11.9 Å². The number of esters is 2. The first-order valence-corrected chi connectivity index (χ1v) is 14.8. The summed E-state index contributed by atoms with van der Waals surface area (Å²) >= 11 is 0. The molecule has 2 heterocycles. The van der Waals surface area contributed by atoms with Crippen molar-refractivity contribution in [1.82, 2.24) is 19.8 Å². The van der Waals surface area contributed by atoms with E-state index in [0.717, 1.165) is 58.9 Å². The number of fused-ring (bicyclic) bond motifs is 2. The monoisotopic (exact) mass is 590 g/mol. The van der Waals surface area contributed by atoms with Gasteiger partial charge in [0, 0.05) is 47.3 Å². The van der Waals surface area contributed by atoms with E-state index in [1.54, 1.807) is 27.7 Å². The Morgan fingerprint density at radius 2 is 1.07 bits per heavy atom. The van der Waals surface area contributed by atoms with Gasteiger partial charge in [-0.3, -0.25) is 9.59 Å². The number of aromatic nitrogens is 2. The third-order valence-electron chi connectivity index (χ3n) is 7.59. The van der Waals surface area contributed by atoms with Crippen LogP contribution in [0.15, 0.2) is 48.8 Å². The molecule has 0 amide bonds. The van der Waals surface area contributed by atoms with Gasteiger partial charge in [0.05, 0.1) is 24.0 Å². The molecule has 0 saturated heterocycles. The maximum atomic E-state index is 13.3. The number of H-pyrrole nitrogens is 2. The number of carbonyl (C=O) groups excluding carboxylic acids is 2. The van der Waals surface area contributed by atoms with Crippen LogP contribution in [0.3, 0.4) is 0 Å². The van der Waals surface area contributed by atoms with Crippen molar-refractivity contribution in [3.63, 3.8) is 0 Å². The summed E-state index contributed by atoms with van der Waals surface area (Å²) in [6, 6.07) is 11.3. The molecule has 0 radical (unpaired) electrons. The second-order valence-electron chi connectivity index (χ2n) is 13.1. The summed E-state index contributed by atoms with van der Waals surface area (Å²) in [5.41, 5.74) is 2.16. The molecule has 232 valence electrons. The third kappa shape index (κ3) is 7.84. The molecule has 2 aromatic carbocycles. The smallest absolute Gasteiger partial charge is 0.319 e. The van der Waals surface area contributed by atoms with Crippen LogP contribution in [0.25, 0.3) is 21.8 Å². The van der Waals surface area contributed by atoms with Gasteiger partial charge < -0.3 is 34.0 Å². The zero-order chi connectivity index (χ0) is 31.4. The number of aromatic amines is 2. The quantitative estimate of drug-likeness (QED) is 0.149. The Morgan fingerprint density at radius 1 is 0.674 bits per heavy atom. The van der Waals surface area contributed by atoms with E-state index in [1.165, 1.54) is 0 Å². The lowest BCUT2D eigenvalue weighted by molar-refractivity contribution is -0.152. The van der Waals surface area contributed by atoms with Crippen LogP contribution in [0.4, 0.5) is 0 Å². The fourth-order valence-electron chi connectivity index (χ4n) is 4.85. The molecular weight excluding hydrogens is 544 g/mol. The predicted molar refractivity (Wildman–Crippen MR) is 171 cm³/mol. The second kappa shape index (κ2) is 13.3. The summed E-state index contributed by atoms with van der Waals surface area (Å²) in [6.45, 7) is 9.07. The average Bonchev–Trinajstić information content (AvgIpc) is 3.55. The molecule has 9 nitrogen and oxygen atoms in total. The van der Waals surface area contributed by atoms with Crippen LogP contribution in [0.2, 0.25) is 0 Å². The van der Waals surface area contributed by atoms with Crippen molar-refractivity contribution in [2.24, 2.45) is 10.8 Å². The lowest BCUT2D eigenvalue weighted by atomic mass is 9.93. The Kier molecular flexibility index (Phi) is 10.00. The van der Waals surface area contributed by atoms with E-state index in [2.05, 4.69) is 19.8 Å². The van der Waals surface area contributed by atoms with Gasteiger partial charge in [0.1, 0.15) is 11.5 Å². The van der Waals surface area contributed by atoms with Crippen LogP contribution in [0, 0.1) is 10.8 Å². The molecule has 0 atom stereocenters. The van der Waals surface area contributed by atoms with Gasteiger partial charge in [0.15, 0.2) is 0 Å². The SMILES string of the molecule is CN(C)CCc1c[nH]c2cccc(OC(=O)C(C)(C)COCC(C)(C)C(=O)Oc3cccc4[nH]cc(CCN(C)C)c34)c12. The van der Waals surface area contributed by atoms with E-state index in [4.69, 9.17) is 14.2 Å². The summed E-state index contributed by atoms with van der Waals surface area (Å²) in [6.07, 6.45) is 5.61. The minimum absolute atomic E-state index is 0.0845. The molecule has 4 aromatic rings. The minimum Gasteiger partial charge on any atom is -0.425 e. The van der Waals surface area contributed by atoms with Gasteiger partial charge in [0.25, 0.3) is 0 Å². The molecule has 2 N–H and O–H groups in total. The lowest BCUT2D eigenvalue weighted by Gasteiger charge is -2.27. The highest BCUT2D eigenvalue weighted by atomic mass is 16.5. The minimum atomic E-state index is -0.944. The third-order valence-corrected chi connectivity index (χ3v) is 7.59. The van der Waals surface area contributed by atoms with Crippen LogP contribution < -0.4 is 9.47 Å². The van der Waals surface area contributed by atoms with Crippen molar-refractivity contribution in [2.45, 2.75) is 40.5 Å². The Bertz CT molecular complexity index is 1450. The molecule has 0 fully saturated rings. The summed E-state index contributed by atoms with van der Waals surface area (Å²) in [4.78, 5) is 37.4. The van der Waals surface area contributed by atoms with E-state index in [9.17, 15) is 9.59 Å². The normalized spacial score (nSPS) is 12.5. The second-order valence-corrected chi connectivity index (χ2v) is 13.1. The van der Waals surface area contributed by atoms with Crippen molar-refractivity contribution in [3.05, 3.63) is 59.9 Å². The van der Waals surface area contributed by atoms with Crippen molar-refractivity contribution in [1.29, 1.82) is 0 Å². The maximum Gasteiger partial charge on any atom is 0.319 e. The standard InChI is InChI=1S/C34H46N4O5/c1-33(2,31(39)42-27-13-9-11-25-29(27)23(19-35-25)15-17-37(5)6)21-41-22-34(3,4)32(40)43-28-14-10-12-26-30(28)24(20-36-26)16-18-38(7)8/h9-14,19-20,35-36H,15-18,21-22H2,1-8H3. The van der Waals surface area contributed by atoms with Gasteiger partial charge in [-0.1, -0.05) is 12.1 Å². The van der Waals surface area contributed by atoms with Crippen LogP contribution >= 0.6 is 0 Å². The van der Waals surface area contributed by atoms with Gasteiger partial charge in [0.2, 0.25) is 0 Å². The molecule has 0 bridgehead atoms. The maximum absolute atomic E-state index is 13.3. The molecule has 0 aliphatic heterocycles. The first-order chi connectivity index (χ1) is 20.3. The summed E-state index contributed by atoms with van der Waals surface area (Å²) in [5.74, 6) is 0.255. The number of carbonyl (C=O) groups is 2. The van der Waals surface area contributed by atoms with E-state index in [1.807, 2.05) is 77.0 Å². The number of ether oxygens (including phenoxy) is 3. The molecule has 0 unspecified atom stereocenters. The zero-order valence-electron chi connectivity index (χ0n) is 26.8. The van der Waals surface area contributed by atoms with E-state index < -0.39 is 22.8 Å². The number of likely N-dealkylation sites (N-methyl/N-ethyl adjacent to an activating group) is 2. The molecule has 43 heavy (non-hydrogen) atoms. The highest BCUT2D eigenvalue weighted by Gasteiger charge is 2.35. The van der Waals surface area contributed by atoms with Crippen LogP contribution in [-0.4, -0.2) is 86.2 Å². The topological polar surface area (TPSA) is 99.9 Å². The molecule has 2 aromatic heterocycles. The highest BCUT2D eigenvalue weighted by molar-refractivity contribution is 5.93. The van der Waals surface area contributed by atoms with Gasteiger partial charge in [-0.05, 0) is 104 Å². The van der Waals surface area contributed by atoms with Crippen molar-refractivity contribution in [2.75, 3.05) is 54.5 Å². The number of nitrogens with one attached hydrogen (secondary N) is 2. The van der Waals surface area contributed by atoms with Gasteiger partial charge in [-0.25, -0.2) is 0 Å². The summed E-state index contributed by atoms with van der Waals surface area (Å²) in [5, 5.41) is 1.83. The molecule has 4 rings (SSSR count). The molecular formula is C34H46N4O5. The van der Waals surface area contributed by atoms with E-state index in [0.29, 0.717) is 11.5 Å². The summed E-state index contributed by atoms with van der Waals surface area (Å²) in [7, 11) is 8.13. The highest BCUT2D eigenvalue weighted by Crippen LogP contribution is 2.33. The number of hydrogen-bond donors (Lipinski definition) is 2. The predicted octanol–water partition coefficient (Wildman–Crippen LogP) is 5.44. The first kappa shape index (κ1) is 32.3. The van der Waals surface area contributed by atoms with Crippen LogP contribution in [0.1, 0.15) is 38.8 Å². The van der Waals surface area contributed by atoms with Gasteiger partial charge in [-0.2, -0.15) is 0 Å². The fourth-order valence-corrected chi connectivity index (χ4v) is 4.85. The van der Waals surface area contributed by atoms with Crippen molar-refractivity contribution < 1.29 is 23.8 Å². The molecule has 0 saturated carbocycles. The number of nitrogens with zero attached hydrogens (tertiary/aromatic N) is 2. The van der Waals surface area contributed by atoms with Crippen molar-refractivity contribution in [3.8, 4) is 11.5 Å². The molecule has 0 aliphatic carbocycles. The van der Waals surface area contributed by atoms with Gasteiger partial charge in [-0.15, -0.1) is 0 Å². The Balaban J connectivity index is 1.38. The fraction of sp³-hybridized carbons (Fsp3) is 0.471. The first-order valence-electron chi connectivity index (χ1n) is 14.8. The van der Waals surface area contributed by atoms with E-state index >= 15 is 0 Å². The van der Waals surface area contributed by atoms with E-state index in [-0.39, 0.29) is 13.2 Å². The lowest BCUT2D eigenvalue weighted by Crippen LogP contribution is -2.38. The molecule has 0 aliphatic rings. The zero-order valence-corrected chi connectivity index (χ0v) is 26.8. The van der Waals surface area contributed by atoms with Crippen LogP contribution in [0.5, 0.6) is 11.5 Å². The molecule has 9 heteroatoms. The number of benzene rings is 2. The number of hydrogen-bond acceptors (Lipinski definition) is 7. The number of rotatable bonds is 14.